The van der Waals surface area contributed by atoms with Gasteiger partial charge in [0.25, 0.3) is 0 Å². The van der Waals surface area contributed by atoms with Gasteiger partial charge in [0.2, 0.25) is 0 Å². The Morgan fingerprint density at radius 1 is 1.00 bits per heavy atom. The first-order valence-corrected chi connectivity index (χ1v) is 9.08. The normalized spacial score (nSPS) is 46.1. The molecule has 2 bridgehead atoms. The summed E-state index contributed by atoms with van der Waals surface area (Å²) in [6, 6.07) is 0. The third-order valence-corrected chi connectivity index (χ3v) is 6.51. The van der Waals surface area contributed by atoms with E-state index >= 15 is 0 Å². The van der Waals surface area contributed by atoms with E-state index in [0.29, 0.717) is 18.3 Å². The molecule has 2 saturated carbocycles. The van der Waals surface area contributed by atoms with Crippen LogP contribution < -0.4 is 0 Å². The number of hydrogen-bond acceptors (Lipinski definition) is 5. The van der Waals surface area contributed by atoms with Gasteiger partial charge in [-0.05, 0) is 45.4 Å². The number of hydrogen-bond donors (Lipinski definition) is 0. The summed E-state index contributed by atoms with van der Waals surface area (Å²) in [6.45, 7) is 11.5. The van der Waals surface area contributed by atoms with E-state index in [4.69, 9.17) is 14.2 Å². The van der Waals surface area contributed by atoms with E-state index in [9.17, 15) is 9.59 Å². The van der Waals surface area contributed by atoms with Gasteiger partial charge >= 0.3 is 11.9 Å². The van der Waals surface area contributed by atoms with Crippen molar-refractivity contribution in [2.24, 2.45) is 23.7 Å². The minimum Gasteiger partial charge on any atom is -0.462 e. The molecule has 24 heavy (non-hydrogen) atoms. The zero-order valence-corrected chi connectivity index (χ0v) is 15.6. The fraction of sp³-hybridized carbons (Fsp3) is 0.895. The summed E-state index contributed by atoms with van der Waals surface area (Å²) in [5.74, 6) is 0.749. The Morgan fingerprint density at radius 2 is 1.58 bits per heavy atom. The SMILES string of the molecule is CC(=O)O[C@H]1C[C@@]2(C)OC(C)(C)[C@@H]1C[C@H]1[C@H]2[C@H](OC(C)=O)C[C@H]1C. The van der Waals surface area contributed by atoms with Crippen LogP contribution in [0.15, 0.2) is 0 Å². The topological polar surface area (TPSA) is 61.8 Å². The maximum atomic E-state index is 11.6. The third-order valence-electron chi connectivity index (χ3n) is 6.51. The molecule has 2 heterocycles. The van der Waals surface area contributed by atoms with Gasteiger partial charge in [0.05, 0.1) is 11.2 Å². The number of ether oxygens (including phenoxy) is 3. The van der Waals surface area contributed by atoms with Crippen molar-refractivity contribution in [2.45, 2.75) is 84.2 Å². The summed E-state index contributed by atoms with van der Waals surface area (Å²) < 4.78 is 18.0. The largest absolute Gasteiger partial charge is 0.462 e. The summed E-state index contributed by atoms with van der Waals surface area (Å²) in [6.07, 6.45) is 2.26. The number of fused-ring (bicyclic) bond motifs is 2. The summed E-state index contributed by atoms with van der Waals surface area (Å²) in [4.78, 5) is 23.2. The van der Waals surface area contributed by atoms with Gasteiger partial charge < -0.3 is 14.2 Å². The first kappa shape index (κ1) is 17.7. The van der Waals surface area contributed by atoms with Crippen molar-refractivity contribution in [3.8, 4) is 0 Å². The standard InChI is InChI=1S/C19H30O5/c1-10-7-15(22-11(2)20)17-13(10)8-14-16(23-12(3)21)9-19(17,6)24-18(14,4)5/h10,13-17H,7-9H2,1-6H3/t10-,13-,14-,15-,16+,17+,19-/m1/s1. The Labute approximate surface area is 144 Å². The first-order valence-electron chi connectivity index (χ1n) is 9.08. The highest BCUT2D eigenvalue weighted by atomic mass is 16.6. The molecule has 0 spiro atoms. The molecular formula is C19H30O5. The molecule has 0 radical (unpaired) electrons. The number of carbonyl (C=O) groups excluding carboxylic acids is 2. The van der Waals surface area contributed by atoms with Gasteiger partial charge in [-0.25, -0.2) is 0 Å². The minimum absolute atomic E-state index is 0.113. The van der Waals surface area contributed by atoms with Crippen molar-refractivity contribution in [3.63, 3.8) is 0 Å². The van der Waals surface area contributed by atoms with Gasteiger partial charge in [-0.3, -0.25) is 9.59 Å². The molecule has 2 saturated heterocycles. The monoisotopic (exact) mass is 338 g/mol. The second kappa shape index (κ2) is 5.72. The summed E-state index contributed by atoms with van der Waals surface area (Å²) in [5.41, 5.74) is -0.815. The zero-order chi connectivity index (χ0) is 17.9. The van der Waals surface area contributed by atoms with Gasteiger partial charge in [-0.2, -0.15) is 0 Å². The molecule has 5 heteroatoms. The van der Waals surface area contributed by atoms with Crippen LogP contribution in [0.2, 0.25) is 0 Å². The van der Waals surface area contributed by atoms with Gasteiger partial charge in [0.15, 0.2) is 0 Å². The molecule has 0 N–H and O–H groups in total. The molecule has 136 valence electrons. The van der Waals surface area contributed by atoms with Crippen molar-refractivity contribution in [1.29, 1.82) is 0 Å². The Balaban J connectivity index is 1.99. The third kappa shape index (κ3) is 2.85. The van der Waals surface area contributed by atoms with Gasteiger partial charge in [-0.15, -0.1) is 0 Å². The molecule has 2 aliphatic heterocycles. The molecule has 5 nitrogen and oxygen atoms in total. The van der Waals surface area contributed by atoms with Crippen LogP contribution in [0.5, 0.6) is 0 Å². The lowest BCUT2D eigenvalue weighted by Crippen LogP contribution is -2.57. The van der Waals surface area contributed by atoms with E-state index < -0.39 is 5.60 Å². The van der Waals surface area contributed by atoms with E-state index in [1.807, 2.05) is 0 Å². The second-order valence-corrected chi connectivity index (χ2v) is 8.76. The fourth-order valence-electron chi connectivity index (χ4n) is 5.85. The van der Waals surface area contributed by atoms with Crippen LogP contribution in [0.3, 0.4) is 0 Å². The van der Waals surface area contributed by atoms with Crippen molar-refractivity contribution in [3.05, 3.63) is 0 Å². The quantitative estimate of drug-likeness (QED) is 0.724. The average molecular weight is 338 g/mol. The van der Waals surface area contributed by atoms with E-state index in [-0.39, 0.29) is 41.6 Å². The predicted molar refractivity (Wildman–Crippen MR) is 88.2 cm³/mol. The maximum absolute atomic E-state index is 11.6. The Kier molecular flexibility index (Phi) is 4.22. The molecular weight excluding hydrogens is 308 g/mol. The van der Waals surface area contributed by atoms with Crippen LogP contribution in [0.1, 0.15) is 60.8 Å². The first-order chi connectivity index (χ1) is 11.0. The Bertz CT molecular complexity index is 542. The molecule has 0 aromatic heterocycles. The molecule has 0 aromatic rings. The smallest absolute Gasteiger partial charge is 0.302 e. The summed E-state index contributed by atoms with van der Waals surface area (Å²) >= 11 is 0. The van der Waals surface area contributed by atoms with Crippen molar-refractivity contribution >= 4 is 11.9 Å². The Hall–Kier alpha value is -1.10. The number of rotatable bonds is 2. The molecule has 0 unspecified atom stereocenters. The number of carbonyl (C=O) groups is 2. The van der Waals surface area contributed by atoms with Gasteiger partial charge in [0.1, 0.15) is 12.2 Å². The van der Waals surface area contributed by atoms with Crippen LogP contribution in [-0.2, 0) is 23.8 Å². The van der Waals surface area contributed by atoms with Crippen LogP contribution in [0.4, 0.5) is 0 Å². The Morgan fingerprint density at radius 3 is 2.17 bits per heavy atom. The summed E-state index contributed by atoms with van der Waals surface area (Å²) in [7, 11) is 0. The molecule has 0 aromatic carbocycles. The molecule has 2 aliphatic carbocycles. The zero-order valence-electron chi connectivity index (χ0n) is 15.6. The molecule has 7 atom stereocenters. The molecule has 4 rings (SSSR count). The lowest BCUT2D eigenvalue weighted by atomic mass is 9.76. The lowest BCUT2D eigenvalue weighted by Gasteiger charge is -2.51. The van der Waals surface area contributed by atoms with Gasteiger partial charge in [-0.1, -0.05) is 6.92 Å². The van der Waals surface area contributed by atoms with Crippen molar-refractivity contribution in [2.75, 3.05) is 0 Å². The molecule has 4 fully saturated rings. The molecule has 0 amide bonds. The van der Waals surface area contributed by atoms with Crippen molar-refractivity contribution in [1.82, 2.24) is 0 Å². The second-order valence-electron chi connectivity index (χ2n) is 8.76. The van der Waals surface area contributed by atoms with Crippen LogP contribution in [-0.4, -0.2) is 35.3 Å². The average Bonchev–Trinajstić information content (AvgIpc) is 2.55. The lowest BCUT2D eigenvalue weighted by molar-refractivity contribution is -0.244. The maximum Gasteiger partial charge on any atom is 0.302 e. The van der Waals surface area contributed by atoms with Gasteiger partial charge in [0, 0.05) is 32.1 Å². The predicted octanol–water partition coefficient (Wildman–Crippen LogP) is 3.10. The number of esters is 2. The van der Waals surface area contributed by atoms with E-state index in [2.05, 4.69) is 27.7 Å². The van der Waals surface area contributed by atoms with Crippen LogP contribution in [0.25, 0.3) is 0 Å². The minimum atomic E-state index is -0.452. The molecule has 4 aliphatic rings. The van der Waals surface area contributed by atoms with Crippen LogP contribution in [0, 0.1) is 23.7 Å². The van der Waals surface area contributed by atoms with E-state index in [1.165, 1.54) is 13.8 Å². The fourth-order valence-corrected chi connectivity index (χ4v) is 5.85. The van der Waals surface area contributed by atoms with E-state index in [1.54, 1.807) is 0 Å². The van der Waals surface area contributed by atoms with Crippen LogP contribution >= 0.6 is 0 Å². The van der Waals surface area contributed by atoms with Crippen molar-refractivity contribution < 1.29 is 23.8 Å². The highest BCUT2D eigenvalue weighted by Gasteiger charge is 2.63. The highest BCUT2D eigenvalue weighted by Crippen LogP contribution is 2.59. The highest BCUT2D eigenvalue weighted by molar-refractivity contribution is 5.66. The van der Waals surface area contributed by atoms with E-state index in [0.717, 1.165) is 12.8 Å². The summed E-state index contributed by atoms with van der Waals surface area (Å²) in [5, 5.41) is 0.